The third-order valence-electron chi connectivity index (χ3n) is 3.52. The molecule has 0 saturated carbocycles. The van der Waals surface area contributed by atoms with Crippen LogP contribution in [0.3, 0.4) is 0 Å². The molecule has 122 valence electrons. The van der Waals surface area contributed by atoms with Crippen molar-refractivity contribution in [2.75, 3.05) is 20.8 Å². The van der Waals surface area contributed by atoms with Crippen LogP contribution in [-0.2, 0) is 6.42 Å². The monoisotopic (exact) mass is 333 g/mol. The van der Waals surface area contributed by atoms with Crippen molar-refractivity contribution >= 4 is 17.5 Å². The maximum absolute atomic E-state index is 12.3. The number of benzene rings is 2. The number of hydrogen-bond donors (Lipinski definition) is 1. The first kappa shape index (κ1) is 17.2. The van der Waals surface area contributed by atoms with Crippen molar-refractivity contribution in [2.45, 2.75) is 13.3 Å². The van der Waals surface area contributed by atoms with Crippen LogP contribution in [0.2, 0.25) is 5.02 Å². The summed E-state index contributed by atoms with van der Waals surface area (Å²) in [6, 6.07) is 11.0. The van der Waals surface area contributed by atoms with Crippen LogP contribution in [0.15, 0.2) is 36.4 Å². The zero-order chi connectivity index (χ0) is 16.8. The van der Waals surface area contributed by atoms with Gasteiger partial charge in [0.2, 0.25) is 0 Å². The molecule has 0 aliphatic carbocycles. The Morgan fingerprint density at radius 1 is 1.09 bits per heavy atom. The summed E-state index contributed by atoms with van der Waals surface area (Å²) in [5.41, 5.74) is 2.64. The lowest BCUT2D eigenvalue weighted by Crippen LogP contribution is -2.26. The Kier molecular flexibility index (Phi) is 5.88. The van der Waals surface area contributed by atoms with Gasteiger partial charge in [-0.3, -0.25) is 4.79 Å². The van der Waals surface area contributed by atoms with Gasteiger partial charge in [0, 0.05) is 11.6 Å². The van der Waals surface area contributed by atoms with Crippen LogP contribution >= 0.6 is 11.6 Å². The third kappa shape index (κ3) is 4.39. The van der Waals surface area contributed by atoms with E-state index in [0.29, 0.717) is 29.3 Å². The number of halogens is 1. The Labute approximate surface area is 141 Å². The van der Waals surface area contributed by atoms with E-state index in [0.717, 1.165) is 16.9 Å². The fraction of sp³-hybridized carbons (Fsp3) is 0.278. The second-order valence-corrected chi connectivity index (χ2v) is 5.60. The highest BCUT2D eigenvalue weighted by Crippen LogP contribution is 2.23. The molecule has 0 saturated heterocycles. The molecule has 5 heteroatoms. The molecule has 23 heavy (non-hydrogen) atoms. The van der Waals surface area contributed by atoms with Crippen LogP contribution in [0, 0.1) is 6.92 Å². The molecule has 0 aliphatic rings. The summed E-state index contributed by atoms with van der Waals surface area (Å²) in [7, 11) is 3.17. The van der Waals surface area contributed by atoms with Crippen LogP contribution in [0.1, 0.15) is 21.5 Å². The molecule has 0 atom stereocenters. The average Bonchev–Trinajstić information content (AvgIpc) is 2.55. The molecule has 0 aromatic heterocycles. The Morgan fingerprint density at radius 3 is 2.48 bits per heavy atom. The molecule has 2 aromatic rings. The second-order valence-electron chi connectivity index (χ2n) is 5.17. The summed E-state index contributed by atoms with van der Waals surface area (Å²) in [4.78, 5) is 12.3. The van der Waals surface area contributed by atoms with Crippen LogP contribution < -0.4 is 14.8 Å². The van der Waals surface area contributed by atoms with Gasteiger partial charge >= 0.3 is 0 Å². The SMILES string of the molecule is COc1ccc(C)cc1CCNC(=O)c1cc(Cl)ccc1OC. The van der Waals surface area contributed by atoms with Gasteiger partial charge in [0.25, 0.3) is 5.91 Å². The molecule has 4 nitrogen and oxygen atoms in total. The summed E-state index contributed by atoms with van der Waals surface area (Å²) in [6.45, 7) is 2.52. The lowest BCUT2D eigenvalue weighted by Gasteiger charge is -2.12. The number of aryl methyl sites for hydroxylation is 1. The molecule has 0 radical (unpaired) electrons. The van der Waals surface area contributed by atoms with E-state index in [1.807, 2.05) is 19.1 Å². The van der Waals surface area contributed by atoms with Gasteiger partial charge in [-0.1, -0.05) is 29.3 Å². The number of carbonyl (C=O) groups is 1. The highest BCUT2D eigenvalue weighted by atomic mass is 35.5. The quantitative estimate of drug-likeness (QED) is 0.878. The van der Waals surface area contributed by atoms with E-state index in [1.54, 1.807) is 25.3 Å². The number of ether oxygens (including phenoxy) is 2. The molecule has 2 aromatic carbocycles. The minimum atomic E-state index is -0.212. The van der Waals surface area contributed by atoms with Crippen molar-refractivity contribution < 1.29 is 14.3 Å². The molecular weight excluding hydrogens is 314 g/mol. The van der Waals surface area contributed by atoms with Crippen molar-refractivity contribution in [3.8, 4) is 11.5 Å². The lowest BCUT2D eigenvalue weighted by atomic mass is 10.1. The van der Waals surface area contributed by atoms with Gasteiger partial charge in [-0.25, -0.2) is 0 Å². The molecule has 0 aliphatic heterocycles. The number of methoxy groups -OCH3 is 2. The topological polar surface area (TPSA) is 47.6 Å². The van der Waals surface area contributed by atoms with Crippen LogP contribution in [0.4, 0.5) is 0 Å². The normalized spacial score (nSPS) is 10.3. The summed E-state index contributed by atoms with van der Waals surface area (Å²) in [5.74, 6) is 1.11. The van der Waals surface area contributed by atoms with Crippen LogP contribution in [0.25, 0.3) is 0 Å². The van der Waals surface area contributed by atoms with Gasteiger partial charge in [-0.05, 0) is 43.2 Å². The Morgan fingerprint density at radius 2 is 1.78 bits per heavy atom. The van der Waals surface area contributed by atoms with Crippen LogP contribution in [0.5, 0.6) is 11.5 Å². The number of nitrogens with one attached hydrogen (secondary N) is 1. The van der Waals surface area contributed by atoms with E-state index >= 15 is 0 Å². The largest absolute Gasteiger partial charge is 0.496 e. The van der Waals surface area contributed by atoms with Gasteiger partial charge in [-0.15, -0.1) is 0 Å². The molecule has 0 unspecified atom stereocenters. The Bertz CT molecular complexity index is 701. The van der Waals surface area contributed by atoms with Gasteiger partial charge in [0.15, 0.2) is 0 Å². The van der Waals surface area contributed by atoms with E-state index in [-0.39, 0.29) is 5.91 Å². The molecule has 1 N–H and O–H groups in total. The van der Waals surface area contributed by atoms with Crippen molar-refractivity contribution in [2.24, 2.45) is 0 Å². The fourth-order valence-corrected chi connectivity index (χ4v) is 2.54. The van der Waals surface area contributed by atoms with E-state index in [9.17, 15) is 4.79 Å². The average molecular weight is 334 g/mol. The number of hydrogen-bond acceptors (Lipinski definition) is 3. The Hall–Kier alpha value is -2.20. The van der Waals surface area contributed by atoms with E-state index < -0.39 is 0 Å². The van der Waals surface area contributed by atoms with E-state index in [2.05, 4.69) is 11.4 Å². The maximum atomic E-state index is 12.3. The predicted octanol–water partition coefficient (Wildman–Crippen LogP) is 3.64. The second kappa shape index (κ2) is 7.88. The fourth-order valence-electron chi connectivity index (χ4n) is 2.37. The number of rotatable bonds is 6. The molecule has 0 fully saturated rings. The molecule has 0 heterocycles. The van der Waals surface area contributed by atoms with Gasteiger partial charge < -0.3 is 14.8 Å². The molecule has 0 bridgehead atoms. The highest BCUT2D eigenvalue weighted by molar-refractivity contribution is 6.31. The smallest absolute Gasteiger partial charge is 0.255 e. The summed E-state index contributed by atoms with van der Waals surface area (Å²) in [5, 5.41) is 3.38. The van der Waals surface area contributed by atoms with Crippen molar-refractivity contribution in [1.82, 2.24) is 5.32 Å². The standard InChI is InChI=1S/C18H20ClNO3/c1-12-4-6-16(22-2)13(10-12)8-9-20-18(21)15-11-14(19)5-7-17(15)23-3/h4-7,10-11H,8-9H2,1-3H3,(H,20,21). The molecular formula is C18H20ClNO3. The third-order valence-corrected chi connectivity index (χ3v) is 3.76. The maximum Gasteiger partial charge on any atom is 0.255 e. The van der Waals surface area contributed by atoms with Crippen molar-refractivity contribution in [3.63, 3.8) is 0 Å². The van der Waals surface area contributed by atoms with Gasteiger partial charge in [-0.2, -0.15) is 0 Å². The molecule has 0 spiro atoms. The number of amides is 1. The lowest BCUT2D eigenvalue weighted by molar-refractivity contribution is 0.0951. The zero-order valence-electron chi connectivity index (χ0n) is 13.5. The van der Waals surface area contributed by atoms with Crippen molar-refractivity contribution in [1.29, 1.82) is 0 Å². The highest BCUT2D eigenvalue weighted by Gasteiger charge is 2.13. The first-order valence-electron chi connectivity index (χ1n) is 7.30. The van der Waals surface area contributed by atoms with Crippen molar-refractivity contribution in [3.05, 3.63) is 58.1 Å². The summed E-state index contributed by atoms with van der Waals surface area (Å²) in [6.07, 6.45) is 0.680. The minimum Gasteiger partial charge on any atom is -0.496 e. The summed E-state index contributed by atoms with van der Waals surface area (Å²) < 4.78 is 10.5. The molecule has 2 rings (SSSR count). The predicted molar refractivity (Wildman–Crippen MR) is 91.8 cm³/mol. The van der Waals surface area contributed by atoms with E-state index in [4.69, 9.17) is 21.1 Å². The minimum absolute atomic E-state index is 0.212. The Balaban J connectivity index is 2.03. The first-order valence-corrected chi connectivity index (χ1v) is 7.68. The first-order chi connectivity index (χ1) is 11.0. The van der Waals surface area contributed by atoms with Crippen LogP contribution in [-0.4, -0.2) is 26.7 Å². The van der Waals surface area contributed by atoms with E-state index in [1.165, 1.54) is 7.11 Å². The van der Waals surface area contributed by atoms with Gasteiger partial charge in [0.05, 0.1) is 19.8 Å². The number of carbonyl (C=O) groups excluding carboxylic acids is 1. The van der Waals surface area contributed by atoms with Gasteiger partial charge in [0.1, 0.15) is 11.5 Å². The summed E-state index contributed by atoms with van der Waals surface area (Å²) >= 11 is 5.95. The molecule has 1 amide bonds. The zero-order valence-corrected chi connectivity index (χ0v) is 14.2.